The van der Waals surface area contributed by atoms with E-state index in [1.807, 2.05) is 42.5 Å². The Balaban J connectivity index is 1.86. The Bertz CT molecular complexity index is 780. The number of nitrogen functional groups attached to an aromatic ring is 1. The molecule has 0 fully saturated rings. The number of anilines is 3. The summed E-state index contributed by atoms with van der Waals surface area (Å²) in [6, 6.07) is 16.6. The molecule has 3 rings (SSSR count). The van der Waals surface area contributed by atoms with Crippen molar-refractivity contribution in [1.82, 2.24) is 9.97 Å². The highest BCUT2D eigenvalue weighted by molar-refractivity contribution is 6.30. The van der Waals surface area contributed by atoms with Gasteiger partial charge in [0.2, 0.25) is 5.88 Å². The fraction of sp³-hybridized carbons (Fsp3) is 0. The topological polar surface area (TPSA) is 73.1 Å². The number of hydrogen-bond donors (Lipinski definition) is 2. The van der Waals surface area contributed by atoms with E-state index in [9.17, 15) is 0 Å². The van der Waals surface area contributed by atoms with Gasteiger partial charge in [0.1, 0.15) is 17.8 Å². The largest absolute Gasteiger partial charge is 0.437 e. The Labute approximate surface area is 132 Å². The highest BCUT2D eigenvalue weighted by Crippen LogP contribution is 2.31. The molecule has 3 aromatic rings. The molecule has 0 unspecified atom stereocenters. The summed E-state index contributed by atoms with van der Waals surface area (Å²) in [7, 11) is 0. The summed E-state index contributed by atoms with van der Waals surface area (Å²) in [4.78, 5) is 8.20. The summed E-state index contributed by atoms with van der Waals surface area (Å²) in [6.45, 7) is 0. The Morgan fingerprint density at radius 3 is 2.59 bits per heavy atom. The van der Waals surface area contributed by atoms with Gasteiger partial charge < -0.3 is 15.8 Å². The molecule has 1 heterocycles. The number of benzene rings is 2. The van der Waals surface area contributed by atoms with Gasteiger partial charge in [-0.1, -0.05) is 35.9 Å². The third-order valence-electron chi connectivity index (χ3n) is 2.89. The molecule has 110 valence electrons. The second-order valence-corrected chi connectivity index (χ2v) is 4.93. The van der Waals surface area contributed by atoms with Crippen molar-refractivity contribution in [3.05, 3.63) is 65.9 Å². The molecule has 0 bridgehead atoms. The maximum Gasteiger partial charge on any atom is 0.248 e. The Morgan fingerprint density at radius 1 is 1.00 bits per heavy atom. The third-order valence-corrected chi connectivity index (χ3v) is 3.13. The Kier molecular flexibility index (Phi) is 4.07. The van der Waals surface area contributed by atoms with Crippen LogP contribution < -0.4 is 15.8 Å². The number of halogens is 1. The molecule has 0 saturated heterocycles. The van der Waals surface area contributed by atoms with Gasteiger partial charge in [-0.05, 0) is 30.3 Å². The van der Waals surface area contributed by atoms with Crippen LogP contribution in [0, 0.1) is 0 Å². The minimum Gasteiger partial charge on any atom is -0.437 e. The normalized spacial score (nSPS) is 10.2. The van der Waals surface area contributed by atoms with E-state index < -0.39 is 0 Å². The zero-order chi connectivity index (χ0) is 15.4. The van der Waals surface area contributed by atoms with Gasteiger partial charge >= 0.3 is 0 Å². The van der Waals surface area contributed by atoms with Crippen molar-refractivity contribution in [3.63, 3.8) is 0 Å². The summed E-state index contributed by atoms with van der Waals surface area (Å²) >= 11 is 5.96. The molecule has 0 radical (unpaired) electrons. The summed E-state index contributed by atoms with van der Waals surface area (Å²) < 4.78 is 5.67. The molecule has 3 N–H and O–H groups in total. The number of para-hydroxylation sites is 1. The molecular weight excluding hydrogens is 300 g/mol. The van der Waals surface area contributed by atoms with Gasteiger partial charge in [0.25, 0.3) is 0 Å². The van der Waals surface area contributed by atoms with E-state index in [4.69, 9.17) is 22.1 Å². The van der Waals surface area contributed by atoms with Gasteiger partial charge in [0.15, 0.2) is 5.82 Å². The number of nitrogens with one attached hydrogen (secondary N) is 1. The van der Waals surface area contributed by atoms with Crippen LogP contribution in [0.5, 0.6) is 11.6 Å². The molecule has 1 aromatic heterocycles. The van der Waals surface area contributed by atoms with Crippen LogP contribution in [-0.4, -0.2) is 9.97 Å². The fourth-order valence-corrected chi connectivity index (χ4v) is 2.05. The van der Waals surface area contributed by atoms with Crippen molar-refractivity contribution in [2.24, 2.45) is 0 Å². The number of rotatable bonds is 4. The van der Waals surface area contributed by atoms with Gasteiger partial charge in [0.05, 0.1) is 0 Å². The predicted octanol–water partition coefficient (Wildman–Crippen LogP) is 4.25. The van der Waals surface area contributed by atoms with E-state index in [1.54, 1.807) is 12.1 Å². The van der Waals surface area contributed by atoms with Crippen molar-refractivity contribution in [3.8, 4) is 11.6 Å². The summed E-state index contributed by atoms with van der Waals surface area (Å²) in [5.74, 6) is 1.41. The highest BCUT2D eigenvalue weighted by atomic mass is 35.5. The maximum absolute atomic E-state index is 6.07. The highest BCUT2D eigenvalue weighted by Gasteiger charge is 2.10. The van der Waals surface area contributed by atoms with E-state index in [2.05, 4.69) is 15.3 Å². The van der Waals surface area contributed by atoms with Gasteiger partial charge in [-0.2, -0.15) is 4.98 Å². The van der Waals surface area contributed by atoms with Crippen molar-refractivity contribution < 1.29 is 4.74 Å². The predicted molar refractivity (Wildman–Crippen MR) is 87.7 cm³/mol. The standard InChI is InChI=1S/C16H13ClN4O/c17-11-5-4-6-12(9-11)21-15-14(18)16(20-10-19-15)22-13-7-2-1-3-8-13/h1-10H,18H2,(H,19,20,21). The molecule has 6 heteroatoms. The monoisotopic (exact) mass is 312 g/mol. The van der Waals surface area contributed by atoms with E-state index in [0.717, 1.165) is 5.69 Å². The summed E-state index contributed by atoms with van der Waals surface area (Å²) in [6.07, 6.45) is 1.39. The second kappa shape index (κ2) is 6.32. The number of aromatic nitrogens is 2. The summed E-state index contributed by atoms with van der Waals surface area (Å²) in [5, 5.41) is 3.72. The smallest absolute Gasteiger partial charge is 0.248 e. The quantitative estimate of drug-likeness (QED) is 0.753. The molecule has 0 aliphatic heterocycles. The van der Waals surface area contributed by atoms with Crippen LogP contribution >= 0.6 is 11.6 Å². The first-order valence-electron chi connectivity index (χ1n) is 6.58. The zero-order valence-corrected chi connectivity index (χ0v) is 12.3. The maximum atomic E-state index is 6.07. The molecule has 0 saturated carbocycles. The first-order chi connectivity index (χ1) is 10.7. The van der Waals surface area contributed by atoms with Crippen LogP contribution in [0.25, 0.3) is 0 Å². The molecule has 0 amide bonds. The number of ether oxygens (including phenoxy) is 1. The molecular formula is C16H13ClN4O. The van der Waals surface area contributed by atoms with Crippen LogP contribution in [-0.2, 0) is 0 Å². The number of nitrogens with zero attached hydrogens (tertiary/aromatic N) is 2. The van der Waals surface area contributed by atoms with E-state index >= 15 is 0 Å². The van der Waals surface area contributed by atoms with Gasteiger partial charge in [0, 0.05) is 10.7 Å². The van der Waals surface area contributed by atoms with Crippen molar-refractivity contribution in [1.29, 1.82) is 0 Å². The van der Waals surface area contributed by atoms with Gasteiger partial charge in [-0.3, -0.25) is 0 Å². The molecule has 2 aromatic carbocycles. The SMILES string of the molecule is Nc1c(Nc2cccc(Cl)c2)ncnc1Oc1ccccc1. The molecule has 22 heavy (non-hydrogen) atoms. The number of hydrogen-bond acceptors (Lipinski definition) is 5. The minimum absolute atomic E-state index is 0.297. The first-order valence-corrected chi connectivity index (χ1v) is 6.96. The molecule has 0 aliphatic rings. The van der Waals surface area contributed by atoms with Crippen LogP contribution in [0.1, 0.15) is 0 Å². The minimum atomic E-state index is 0.297. The first kappa shape index (κ1) is 14.2. The van der Waals surface area contributed by atoms with Crippen LogP contribution in [0.3, 0.4) is 0 Å². The number of nitrogens with two attached hydrogens (primary N) is 1. The van der Waals surface area contributed by atoms with E-state index in [-0.39, 0.29) is 0 Å². The Morgan fingerprint density at radius 2 is 1.82 bits per heavy atom. The average Bonchev–Trinajstić information content (AvgIpc) is 2.52. The molecule has 0 aliphatic carbocycles. The third kappa shape index (κ3) is 3.27. The van der Waals surface area contributed by atoms with E-state index in [0.29, 0.717) is 28.2 Å². The van der Waals surface area contributed by atoms with Crippen molar-refractivity contribution >= 4 is 28.8 Å². The lowest BCUT2D eigenvalue weighted by molar-refractivity contribution is 0.464. The van der Waals surface area contributed by atoms with E-state index in [1.165, 1.54) is 6.33 Å². The molecule has 0 spiro atoms. The average molecular weight is 313 g/mol. The summed E-state index contributed by atoms with van der Waals surface area (Å²) in [5.41, 5.74) is 7.18. The van der Waals surface area contributed by atoms with Crippen molar-refractivity contribution in [2.75, 3.05) is 11.1 Å². The second-order valence-electron chi connectivity index (χ2n) is 4.49. The fourth-order valence-electron chi connectivity index (χ4n) is 1.86. The molecule has 0 atom stereocenters. The van der Waals surface area contributed by atoms with Crippen molar-refractivity contribution in [2.45, 2.75) is 0 Å². The zero-order valence-electron chi connectivity index (χ0n) is 11.5. The van der Waals surface area contributed by atoms with Crippen LogP contribution in [0.15, 0.2) is 60.9 Å². The van der Waals surface area contributed by atoms with Crippen LogP contribution in [0.4, 0.5) is 17.2 Å². The lowest BCUT2D eigenvalue weighted by Crippen LogP contribution is -2.03. The lowest BCUT2D eigenvalue weighted by Gasteiger charge is -2.11. The van der Waals surface area contributed by atoms with Gasteiger partial charge in [-0.25, -0.2) is 4.98 Å². The molecule has 5 nitrogen and oxygen atoms in total. The van der Waals surface area contributed by atoms with Gasteiger partial charge in [-0.15, -0.1) is 0 Å². The Hall–Kier alpha value is -2.79. The lowest BCUT2D eigenvalue weighted by atomic mass is 10.3. The van der Waals surface area contributed by atoms with Crippen LogP contribution in [0.2, 0.25) is 5.02 Å².